The smallest absolute Gasteiger partial charge is 0.337 e. The quantitative estimate of drug-likeness (QED) is 0.559. The van der Waals surface area contributed by atoms with Crippen molar-refractivity contribution in [1.29, 1.82) is 0 Å². The summed E-state index contributed by atoms with van der Waals surface area (Å²) < 4.78 is 10.1. The first-order valence-corrected chi connectivity index (χ1v) is 10.1. The van der Waals surface area contributed by atoms with Crippen LogP contribution in [0.15, 0.2) is 53.1 Å². The molecular weight excluding hydrogens is 380 g/mol. The van der Waals surface area contributed by atoms with Gasteiger partial charge in [0.25, 0.3) is 0 Å². The number of hydrogen-bond donors (Lipinski definition) is 0. The second-order valence-corrected chi connectivity index (χ2v) is 7.61. The number of benzene rings is 2. The number of hydrogen-bond acceptors (Lipinski definition) is 7. The highest BCUT2D eigenvalue weighted by Crippen LogP contribution is 2.19. The Balaban J connectivity index is 1.29. The van der Waals surface area contributed by atoms with Crippen LogP contribution in [0.5, 0.6) is 0 Å². The van der Waals surface area contributed by atoms with E-state index < -0.39 is 0 Å². The molecule has 7 heteroatoms. The van der Waals surface area contributed by atoms with Gasteiger partial charge in [0, 0.05) is 31.7 Å². The fourth-order valence-corrected chi connectivity index (χ4v) is 3.68. The predicted molar refractivity (Wildman–Crippen MR) is 113 cm³/mol. The van der Waals surface area contributed by atoms with Crippen LogP contribution in [0.3, 0.4) is 0 Å². The molecule has 4 rings (SSSR count). The maximum absolute atomic E-state index is 11.5. The van der Waals surface area contributed by atoms with Gasteiger partial charge in [0.1, 0.15) is 0 Å². The van der Waals surface area contributed by atoms with E-state index in [1.165, 1.54) is 18.2 Å². The Kier molecular flexibility index (Phi) is 6.21. The number of carbonyl (C=O) groups excluding carboxylic acids is 1. The molecule has 0 aliphatic carbocycles. The van der Waals surface area contributed by atoms with E-state index >= 15 is 0 Å². The largest absolute Gasteiger partial charge is 0.465 e. The summed E-state index contributed by atoms with van der Waals surface area (Å²) in [5.74, 6) is 0.727. The minimum absolute atomic E-state index is 0.367. The molecule has 0 amide bonds. The molecule has 0 saturated carbocycles. The van der Waals surface area contributed by atoms with E-state index in [0.29, 0.717) is 23.8 Å². The van der Waals surface area contributed by atoms with Gasteiger partial charge in [0.15, 0.2) is 0 Å². The van der Waals surface area contributed by atoms with Gasteiger partial charge >= 0.3 is 5.97 Å². The molecule has 0 unspecified atom stereocenters. The second kappa shape index (κ2) is 9.19. The average molecular weight is 406 g/mol. The molecule has 3 aromatic rings. The molecule has 1 aromatic heterocycles. The third kappa shape index (κ3) is 4.75. The number of ether oxygens (including phenoxy) is 1. The minimum atomic E-state index is -0.367. The molecule has 7 nitrogen and oxygen atoms in total. The monoisotopic (exact) mass is 406 g/mol. The topological polar surface area (TPSA) is 71.7 Å². The van der Waals surface area contributed by atoms with E-state index in [1.54, 1.807) is 24.3 Å². The van der Waals surface area contributed by atoms with Crippen LogP contribution in [-0.2, 0) is 24.2 Å². The Morgan fingerprint density at radius 1 is 1.17 bits per heavy atom. The molecule has 0 radical (unpaired) electrons. The third-order valence-electron chi connectivity index (χ3n) is 5.45. The first-order chi connectivity index (χ1) is 14.6. The number of nitrogens with zero attached hydrogens (tertiary/aromatic N) is 4. The van der Waals surface area contributed by atoms with Gasteiger partial charge in [-0.25, -0.2) is 4.79 Å². The molecule has 0 spiro atoms. The first kappa shape index (κ1) is 20.3. The van der Waals surface area contributed by atoms with E-state index in [2.05, 4.69) is 51.3 Å². The maximum Gasteiger partial charge on any atom is 0.337 e. The van der Waals surface area contributed by atoms with Crippen LogP contribution >= 0.6 is 0 Å². The lowest BCUT2D eigenvalue weighted by atomic mass is 10.00. The lowest BCUT2D eigenvalue weighted by Crippen LogP contribution is -2.36. The van der Waals surface area contributed by atoms with Gasteiger partial charge in [0.05, 0.1) is 19.2 Å². The van der Waals surface area contributed by atoms with Crippen LogP contribution < -0.4 is 0 Å². The van der Waals surface area contributed by atoms with Crippen molar-refractivity contribution in [2.75, 3.05) is 33.8 Å². The molecule has 0 fully saturated rings. The summed E-state index contributed by atoms with van der Waals surface area (Å²) in [5.41, 5.74) is 4.20. The maximum atomic E-state index is 11.5. The van der Waals surface area contributed by atoms with E-state index in [9.17, 15) is 4.79 Å². The number of esters is 1. The van der Waals surface area contributed by atoms with Crippen molar-refractivity contribution in [3.8, 4) is 11.4 Å². The third-order valence-corrected chi connectivity index (χ3v) is 5.45. The zero-order valence-electron chi connectivity index (χ0n) is 17.4. The highest BCUT2D eigenvalue weighted by atomic mass is 16.5. The van der Waals surface area contributed by atoms with Crippen molar-refractivity contribution in [3.63, 3.8) is 0 Å². The molecule has 2 heterocycles. The highest BCUT2D eigenvalue weighted by molar-refractivity contribution is 5.89. The summed E-state index contributed by atoms with van der Waals surface area (Å²) >= 11 is 0. The summed E-state index contributed by atoms with van der Waals surface area (Å²) in [7, 11) is 3.43. The molecule has 1 aliphatic rings. The second-order valence-electron chi connectivity index (χ2n) is 7.61. The molecule has 0 N–H and O–H groups in total. The van der Waals surface area contributed by atoms with Crippen molar-refractivity contribution < 1.29 is 14.1 Å². The van der Waals surface area contributed by atoms with Gasteiger partial charge < -0.3 is 9.26 Å². The summed E-state index contributed by atoms with van der Waals surface area (Å²) in [6, 6.07) is 15.7. The molecule has 1 aliphatic heterocycles. The van der Waals surface area contributed by atoms with E-state index in [-0.39, 0.29) is 5.97 Å². The predicted octanol–water partition coefficient (Wildman–Crippen LogP) is 3.01. The zero-order chi connectivity index (χ0) is 20.9. The number of fused-ring (bicyclic) bond motifs is 1. The Labute approximate surface area is 176 Å². The lowest BCUT2D eigenvalue weighted by Gasteiger charge is -2.30. The molecular formula is C23H26N4O3. The van der Waals surface area contributed by atoms with Crippen LogP contribution in [0.1, 0.15) is 27.4 Å². The van der Waals surface area contributed by atoms with Crippen LogP contribution in [0.25, 0.3) is 11.4 Å². The molecule has 0 bridgehead atoms. The van der Waals surface area contributed by atoms with Gasteiger partial charge in [0.2, 0.25) is 11.7 Å². The number of methoxy groups -OCH3 is 1. The molecule has 30 heavy (non-hydrogen) atoms. The normalized spacial score (nSPS) is 14.0. The van der Waals surface area contributed by atoms with Gasteiger partial charge in [-0.05, 0) is 36.7 Å². The summed E-state index contributed by atoms with van der Waals surface area (Å²) in [5, 5.41) is 4.07. The van der Waals surface area contributed by atoms with E-state index in [0.717, 1.165) is 38.2 Å². The fraction of sp³-hybridized carbons (Fsp3) is 0.348. The summed E-state index contributed by atoms with van der Waals surface area (Å²) in [6.45, 7) is 4.62. The van der Waals surface area contributed by atoms with Crippen molar-refractivity contribution in [3.05, 3.63) is 71.1 Å². The Morgan fingerprint density at radius 2 is 1.93 bits per heavy atom. The Bertz CT molecular complexity index is 1000. The van der Waals surface area contributed by atoms with Crippen molar-refractivity contribution in [2.45, 2.75) is 19.5 Å². The van der Waals surface area contributed by atoms with E-state index in [1.807, 2.05) is 0 Å². The van der Waals surface area contributed by atoms with Gasteiger partial charge in [-0.1, -0.05) is 41.6 Å². The van der Waals surface area contributed by atoms with Crippen LogP contribution in [0.4, 0.5) is 0 Å². The SMILES string of the molecule is COC(=O)c1ccc(-c2noc(CN(C)CCN3CCc4ccccc4C3)n2)cc1. The fourth-order valence-electron chi connectivity index (χ4n) is 3.68. The highest BCUT2D eigenvalue weighted by Gasteiger charge is 2.17. The van der Waals surface area contributed by atoms with Crippen molar-refractivity contribution in [2.24, 2.45) is 0 Å². The standard InChI is InChI=1S/C23H26N4O3/c1-26(13-14-27-12-11-17-5-3-4-6-20(17)15-27)16-21-24-22(25-30-21)18-7-9-19(10-8-18)23(28)29-2/h3-10H,11-16H2,1-2H3. The van der Waals surface area contributed by atoms with E-state index in [4.69, 9.17) is 9.26 Å². The van der Waals surface area contributed by atoms with Crippen molar-refractivity contribution in [1.82, 2.24) is 19.9 Å². The summed E-state index contributed by atoms with van der Waals surface area (Å²) in [6.07, 6.45) is 1.11. The number of carbonyl (C=O) groups is 1. The molecule has 2 aromatic carbocycles. The van der Waals surface area contributed by atoms with Crippen LogP contribution in [0, 0.1) is 0 Å². The van der Waals surface area contributed by atoms with Gasteiger partial charge in [-0.2, -0.15) is 4.98 Å². The number of aromatic nitrogens is 2. The van der Waals surface area contributed by atoms with Crippen molar-refractivity contribution >= 4 is 5.97 Å². The number of rotatable bonds is 7. The molecule has 0 saturated heterocycles. The average Bonchev–Trinajstić information content (AvgIpc) is 3.25. The summed E-state index contributed by atoms with van der Waals surface area (Å²) in [4.78, 5) is 20.7. The van der Waals surface area contributed by atoms with Gasteiger partial charge in [-0.15, -0.1) is 0 Å². The van der Waals surface area contributed by atoms with Crippen LogP contribution in [0.2, 0.25) is 0 Å². The molecule has 156 valence electrons. The number of likely N-dealkylation sites (N-methyl/N-ethyl adjacent to an activating group) is 1. The minimum Gasteiger partial charge on any atom is -0.465 e. The first-order valence-electron chi connectivity index (χ1n) is 10.1. The Hall–Kier alpha value is -3.03. The van der Waals surface area contributed by atoms with Gasteiger partial charge in [-0.3, -0.25) is 9.80 Å². The van der Waals surface area contributed by atoms with Crippen LogP contribution in [-0.4, -0.2) is 59.7 Å². The molecule has 0 atom stereocenters. The zero-order valence-corrected chi connectivity index (χ0v) is 17.4. The lowest BCUT2D eigenvalue weighted by molar-refractivity contribution is 0.0600. The Morgan fingerprint density at radius 3 is 2.70 bits per heavy atom.